The number of hydrogen-bond donors (Lipinski definition) is 2. The van der Waals surface area contributed by atoms with Crippen LogP contribution in [0, 0.1) is 5.92 Å². The van der Waals surface area contributed by atoms with Crippen molar-refractivity contribution in [3.8, 4) is 5.75 Å². The lowest BCUT2D eigenvalue weighted by Gasteiger charge is -2.20. The zero-order valence-electron chi connectivity index (χ0n) is 15.9. The summed E-state index contributed by atoms with van der Waals surface area (Å²) in [5.74, 6) is 0.398. The molecule has 8 heteroatoms. The molecule has 1 atom stereocenters. The van der Waals surface area contributed by atoms with Crippen LogP contribution in [0.4, 0.5) is 0 Å². The monoisotopic (exact) mass is 386 g/mol. The number of carbonyl (C=O) groups excluding carboxylic acids is 1. The van der Waals surface area contributed by atoms with Crippen molar-refractivity contribution in [2.24, 2.45) is 5.92 Å². The Hall–Kier alpha value is -1.64. The molecule has 1 unspecified atom stereocenters. The molecule has 1 aromatic carbocycles. The summed E-state index contributed by atoms with van der Waals surface area (Å²) in [5.41, 5.74) is 0. The highest BCUT2D eigenvalue weighted by molar-refractivity contribution is 7.89. The zero-order chi connectivity index (χ0) is 19.6. The van der Waals surface area contributed by atoms with Crippen LogP contribution >= 0.6 is 0 Å². The lowest BCUT2D eigenvalue weighted by Crippen LogP contribution is -2.47. The fourth-order valence-electron chi connectivity index (χ4n) is 2.34. The lowest BCUT2D eigenvalue weighted by molar-refractivity contribution is -0.123. The molecule has 0 bridgehead atoms. The maximum atomic E-state index is 12.6. The van der Waals surface area contributed by atoms with Crippen molar-refractivity contribution in [1.82, 2.24) is 10.0 Å². The van der Waals surface area contributed by atoms with Crippen molar-refractivity contribution < 1.29 is 22.7 Å². The van der Waals surface area contributed by atoms with E-state index in [2.05, 4.69) is 10.0 Å². The third kappa shape index (κ3) is 7.72. The number of methoxy groups -OCH3 is 1. The van der Waals surface area contributed by atoms with Crippen LogP contribution < -0.4 is 14.8 Å². The van der Waals surface area contributed by atoms with E-state index in [9.17, 15) is 13.2 Å². The quantitative estimate of drug-likeness (QED) is 0.536. The maximum absolute atomic E-state index is 12.6. The number of rotatable bonds is 12. The molecule has 1 rings (SSSR count). The minimum Gasteiger partial charge on any atom is -0.497 e. The molecule has 0 aliphatic rings. The molecule has 2 N–H and O–H groups in total. The second-order valence-electron chi connectivity index (χ2n) is 6.32. The van der Waals surface area contributed by atoms with E-state index in [1.807, 2.05) is 20.8 Å². The van der Waals surface area contributed by atoms with E-state index in [1.165, 1.54) is 19.2 Å². The Morgan fingerprint density at radius 1 is 1.19 bits per heavy atom. The Morgan fingerprint density at radius 2 is 1.85 bits per heavy atom. The zero-order valence-corrected chi connectivity index (χ0v) is 16.8. The van der Waals surface area contributed by atoms with Gasteiger partial charge in [0.15, 0.2) is 0 Å². The summed E-state index contributed by atoms with van der Waals surface area (Å²) >= 11 is 0. The number of carbonyl (C=O) groups is 1. The summed E-state index contributed by atoms with van der Waals surface area (Å²) in [6, 6.07) is 5.22. The van der Waals surface area contributed by atoms with E-state index in [0.29, 0.717) is 38.3 Å². The predicted molar refractivity (Wildman–Crippen MR) is 101 cm³/mol. The van der Waals surface area contributed by atoms with E-state index in [4.69, 9.17) is 9.47 Å². The Labute approximate surface area is 156 Å². The van der Waals surface area contributed by atoms with Gasteiger partial charge in [0.05, 0.1) is 12.0 Å². The SMILES string of the molecule is CCOCCCNC(=O)C(CC(C)C)NS(=O)(=O)c1ccc(OC)cc1. The van der Waals surface area contributed by atoms with Gasteiger partial charge < -0.3 is 14.8 Å². The number of amides is 1. The standard InChI is InChI=1S/C18H30N2O5S/c1-5-25-12-6-11-19-18(21)17(13-14(2)3)20-26(22,23)16-9-7-15(24-4)8-10-16/h7-10,14,17,20H,5-6,11-13H2,1-4H3,(H,19,21). The average Bonchev–Trinajstić information content (AvgIpc) is 2.60. The van der Waals surface area contributed by atoms with Crippen molar-refractivity contribution in [2.75, 3.05) is 26.9 Å². The number of ether oxygens (including phenoxy) is 2. The van der Waals surface area contributed by atoms with Crippen molar-refractivity contribution in [3.63, 3.8) is 0 Å². The summed E-state index contributed by atoms with van der Waals surface area (Å²) < 4.78 is 38.0. The highest BCUT2D eigenvalue weighted by atomic mass is 32.2. The predicted octanol–water partition coefficient (Wildman–Crippen LogP) is 1.93. The van der Waals surface area contributed by atoms with E-state index in [0.717, 1.165) is 0 Å². The van der Waals surface area contributed by atoms with Gasteiger partial charge >= 0.3 is 0 Å². The van der Waals surface area contributed by atoms with Crippen LogP contribution in [-0.2, 0) is 19.6 Å². The van der Waals surface area contributed by atoms with Gasteiger partial charge in [-0.1, -0.05) is 13.8 Å². The maximum Gasteiger partial charge on any atom is 0.241 e. The fourth-order valence-corrected chi connectivity index (χ4v) is 3.55. The first kappa shape index (κ1) is 22.4. The molecule has 0 saturated heterocycles. The fraction of sp³-hybridized carbons (Fsp3) is 0.611. The average molecular weight is 387 g/mol. The van der Waals surface area contributed by atoms with Crippen LogP contribution in [0.25, 0.3) is 0 Å². The molecule has 1 amide bonds. The minimum atomic E-state index is -3.81. The molecular weight excluding hydrogens is 356 g/mol. The third-order valence-corrected chi connectivity index (χ3v) is 5.15. The molecule has 0 radical (unpaired) electrons. The van der Waals surface area contributed by atoms with Crippen LogP contribution in [0.1, 0.15) is 33.6 Å². The van der Waals surface area contributed by atoms with E-state index < -0.39 is 16.1 Å². The Kier molecular flexibility index (Phi) is 9.61. The molecule has 0 aliphatic heterocycles. The van der Waals surface area contributed by atoms with E-state index >= 15 is 0 Å². The normalized spacial score (nSPS) is 12.8. The molecule has 26 heavy (non-hydrogen) atoms. The number of nitrogens with one attached hydrogen (secondary N) is 2. The first-order valence-electron chi connectivity index (χ1n) is 8.82. The van der Waals surface area contributed by atoms with E-state index in [1.54, 1.807) is 12.1 Å². The second-order valence-corrected chi connectivity index (χ2v) is 8.03. The van der Waals surface area contributed by atoms with Crippen molar-refractivity contribution in [3.05, 3.63) is 24.3 Å². The van der Waals surface area contributed by atoms with Gasteiger partial charge in [-0.2, -0.15) is 4.72 Å². The molecule has 0 aromatic heterocycles. The number of hydrogen-bond acceptors (Lipinski definition) is 5. The van der Waals surface area contributed by atoms with Gasteiger partial charge in [0, 0.05) is 19.8 Å². The first-order valence-corrected chi connectivity index (χ1v) is 10.3. The molecule has 0 aliphatic carbocycles. The topological polar surface area (TPSA) is 93.7 Å². The Morgan fingerprint density at radius 3 is 2.38 bits per heavy atom. The Balaban J connectivity index is 2.76. The molecule has 148 valence electrons. The summed E-state index contributed by atoms with van der Waals surface area (Å²) in [5, 5.41) is 2.77. The van der Waals surface area contributed by atoms with Crippen molar-refractivity contribution in [2.45, 2.75) is 44.6 Å². The second kappa shape index (κ2) is 11.2. The van der Waals surface area contributed by atoms with Crippen LogP contribution in [0.15, 0.2) is 29.2 Å². The van der Waals surface area contributed by atoms with E-state index in [-0.39, 0.29) is 16.7 Å². The summed E-state index contributed by atoms with van der Waals surface area (Å²) in [6.45, 7) is 7.42. The molecule has 0 heterocycles. The van der Waals surface area contributed by atoms with Crippen LogP contribution in [0.5, 0.6) is 5.75 Å². The number of benzene rings is 1. The first-order chi connectivity index (χ1) is 12.3. The van der Waals surface area contributed by atoms with Crippen molar-refractivity contribution in [1.29, 1.82) is 0 Å². The van der Waals surface area contributed by atoms with Crippen LogP contribution in [-0.4, -0.2) is 47.2 Å². The lowest BCUT2D eigenvalue weighted by atomic mass is 10.0. The smallest absolute Gasteiger partial charge is 0.241 e. The van der Waals surface area contributed by atoms with Gasteiger partial charge in [-0.05, 0) is 49.9 Å². The highest BCUT2D eigenvalue weighted by Gasteiger charge is 2.26. The molecule has 1 aromatic rings. The molecular formula is C18H30N2O5S. The summed E-state index contributed by atoms with van der Waals surface area (Å²) in [6.07, 6.45) is 1.09. The van der Waals surface area contributed by atoms with Crippen LogP contribution in [0.3, 0.4) is 0 Å². The van der Waals surface area contributed by atoms with Crippen molar-refractivity contribution >= 4 is 15.9 Å². The summed E-state index contributed by atoms with van der Waals surface area (Å²) in [7, 11) is -2.30. The van der Waals surface area contributed by atoms with Crippen LogP contribution in [0.2, 0.25) is 0 Å². The van der Waals surface area contributed by atoms with Gasteiger partial charge in [-0.15, -0.1) is 0 Å². The molecule has 0 fully saturated rings. The third-order valence-electron chi connectivity index (χ3n) is 3.66. The van der Waals surface area contributed by atoms with Gasteiger partial charge in [0.2, 0.25) is 15.9 Å². The molecule has 0 saturated carbocycles. The minimum absolute atomic E-state index is 0.0937. The largest absolute Gasteiger partial charge is 0.497 e. The Bertz CT molecular complexity index is 644. The molecule has 0 spiro atoms. The summed E-state index contributed by atoms with van der Waals surface area (Å²) in [4.78, 5) is 12.5. The highest BCUT2D eigenvalue weighted by Crippen LogP contribution is 2.17. The van der Waals surface area contributed by atoms with Gasteiger partial charge in [0.1, 0.15) is 11.8 Å². The number of sulfonamides is 1. The van der Waals surface area contributed by atoms with Gasteiger partial charge in [-0.25, -0.2) is 8.42 Å². The van der Waals surface area contributed by atoms with Gasteiger partial charge in [-0.3, -0.25) is 4.79 Å². The molecule has 7 nitrogen and oxygen atoms in total. The van der Waals surface area contributed by atoms with Gasteiger partial charge in [0.25, 0.3) is 0 Å².